The van der Waals surface area contributed by atoms with Crippen molar-refractivity contribution in [1.29, 1.82) is 0 Å². The third kappa shape index (κ3) is 4.01. The monoisotopic (exact) mass is 226 g/mol. The van der Waals surface area contributed by atoms with E-state index in [4.69, 9.17) is 16.4 Å². The van der Waals surface area contributed by atoms with Crippen molar-refractivity contribution in [3.8, 4) is 0 Å². The van der Waals surface area contributed by atoms with Crippen molar-refractivity contribution in [3.05, 3.63) is 41.9 Å². The van der Waals surface area contributed by atoms with Crippen LogP contribution in [0.1, 0.15) is 0 Å². The van der Waals surface area contributed by atoms with Gasteiger partial charge >= 0.3 is 6.03 Å². The van der Waals surface area contributed by atoms with Crippen LogP contribution in [0.25, 0.3) is 0 Å². The van der Waals surface area contributed by atoms with Crippen LogP contribution in [0.15, 0.2) is 36.9 Å². The average molecular weight is 227 g/mol. The number of halogens is 1. The smallest absolute Gasteiger partial charge is 0.305 e. The Bertz CT molecular complexity index is 355. The minimum absolute atomic E-state index is 0.246. The minimum Gasteiger partial charge on any atom is -0.305 e. The summed E-state index contributed by atoms with van der Waals surface area (Å²) >= 11 is 5.83. The standard InChI is InChI=1S/C10H11ClN2O2/c1-2-7-15-13-10(14)12-9-6-4-3-5-8(9)11/h2-6H,1,7H2,(H2,12,13,14). The minimum atomic E-state index is -0.482. The first-order valence-corrected chi connectivity index (χ1v) is 4.66. The van der Waals surface area contributed by atoms with Gasteiger partial charge in [-0.3, -0.25) is 4.84 Å². The van der Waals surface area contributed by atoms with Gasteiger partial charge in [-0.1, -0.05) is 29.8 Å². The van der Waals surface area contributed by atoms with Crippen molar-refractivity contribution < 1.29 is 9.63 Å². The molecule has 0 unspecified atom stereocenters. The number of hydrogen-bond donors (Lipinski definition) is 2. The van der Waals surface area contributed by atoms with Gasteiger partial charge in [-0.15, -0.1) is 6.58 Å². The molecule has 2 N–H and O–H groups in total. The molecule has 0 spiro atoms. The Kier molecular flexibility index (Phi) is 4.66. The molecular formula is C10H11ClN2O2. The summed E-state index contributed by atoms with van der Waals surface area (Å²) in [5.74, 6) is 0. The topological polar surface area (TPSA) is 50.4 Å². The highest BCUT2D eigenvalue weighted by Gasteiger charge is 2.03. The molecule has 0 heterocycles. The van der Waals surface area contributed by atoms with Crippen LogP contribution >= 0.6 is 11.6 Å². The molecule has 5 heteroatoms. The van der Waals surface area contributed by atoms with Crippen LogP contribution in [0.4, 0.5) is 10.5 Å². The Morgan fingerprint density at radius 2 is 2.27 bits per heavy atom. The molecule has 0 saturated heterocycles. The van der Waals surface area contributed by atoms with Crippen molar-refractivity contribution in [2.45, 2.75) is 0 Å². The summed E-state index contributed by atoms with van der Waals surface area (Å²) in [6.07, 6.45) is 1.52. The molecule has 0 aliphatic rings. The van der Waals surface area contributed by atoms with E-state index in [1.165, 1.54) is 6.08 Å². The second kappa shape index (κ2) is 6.06. The van der Waals surface area contributed by atoms with E-state index in [1.54, 1.807) is 24.3 Å². The van der Waals surface area contributed by atoms with Crippen molar-refractivity contribution >= 4 is 23.3 Å². The zero-order valence-corrected chi connectivity index (χ0v) is 8.75. The van der Waals surface area contributed by atoms with Crippen molar-refractivity contribution in [3.63, 3.8) is 0 Å². The van der Waals surface area contributed by atoms with Crippen LogP contribution in [-0.2, 0) is 4.84 Å². The number of nitrogens with one attached hydrogen (secondary N) is 2. The maximum atomic E-state index is 11.2. The normalized spacial score (nSPS) is 9.40. The summed E-state index contributed by atoms with van der Waals surface area (Å²) < 4.78 is 0. The third-order valence-electron chi connectivity index (χ3n) is 1.49. The number of carbonyl (C=O) groups excluding carboxylic acids is 1. The molecule has 15 heavy (non-hydrogen) atoms. The maximum absolute atomic E-state index is 11.2. The molecule has 1 aromatic rings. The number of carbonyl (C=O) groups is 1. The Balaban J connectivity index is 2.44. The molecular weight excluding hydrogens is 216 g/mol. The van der Waals surface area contributed by atoms with E-state index in [0.717, 1.165) is 0 Å². The van der Waals surface area contributed by atoms with Gasteiger partial charge in [-0.2, -0.15) is 0 Å². The average Bonchev–Trinajstić information content (AvgIpc) is 2.22. The van der Waals surface area contributed by atoms with E-state index in [-0.39, 0.29) is 6.61 Å². The Morgan fingerprint density at radius 1 is 1.53 bits per heavy atom. The van der Waals surface area contributed by atoms with Crippen LogP contribution < -0.4 is 10.8 Å². The predicted octanol–water partition coefficient (Wildman–Crippen LogP) is 2.58. The predicted molar refractivity (Wildman–Crippen MR) is 59.8 cm³/mol. The van der Waals surface area contributed by atoms with Crippen molar-refractivity contribution in [1.82, 2.24) is 5.48 Å². The summed E-state index contributed by atoms with van der Waals surface area (Å²) in [7, 11) is 0. The molecule has 0 saturated carbocycles. The van der Waals surface area contributed by atoms with Gasteiger partial charge in [0, 0.05) is 0 Å². The van der Waals surface area contributed by atoms with E-state index >= 15 is 0 Å². The summed E-state index contributed by atoms with van der Waals surface area (Å²) in [5, 5.41) is 3.00. The van der Waals surface area contributed by atoms with E-state index < -0.39 is 6.03 Å². The lowest BCUT2D eigenvalue weighted by Crippen LogP contribution is -2.29. The Morgan fingerprint density at radius 3 is 2.93 bits per heavy atom. The van der Waals surface area contributed by atoms with Gasteiger partial charge in [0.05, 0.1) is 17.3 Å². The third-order valence-corrected chi connectivity index (χ3v) is 1.82. The zero-order chi connectivity index (χ0) is 11.1. The first kappa shape index (κ1) is 11.6. The summed E-state index contributed by atoms with van der Waals surface area (Å²) in [5.41, 5.74) is 2.71. The first-order chi connectivity index (χ1) is 7.24. The number of urea groups is 1. The molecule has 1 rings (SSSR count). The summed E-state index contributed by atoms with van der Waals surface area (Å²) in [6.45, 7) is 3.68. The molecule has 1 aromatic carbocycles. The quantitative estimate of drug-likeness (QED) is 0.471. The van der Waals surface area contributed by atoms with Crippen LogP contribution in [0.2, 0.25) is 5.02 Å². The molecule has 0 aliphatic carbocycles. The number of anilines is 1. The summed E-state index contributed by atoms with van der Waals surface area (Å²) in [4.78, 5) is 15.9. The van der Waals surface area contributed by atoms with Crippen molar-refractivity contribution in [2.75, 3.05) is 11.9 Å². The molecule has 80 valence electrons. The molecule has 0 aliphatic heterocycles. The lowest BCUT2D eigenvalue weighted by molar-refractivity contribution is 0.0872. The second-order valence-electron chi connectivity index (χ2n) is 2.64. The van der Waals surface area contributed by atoms with Gasteiger partial charge in [-0.25, -0.2) is 10.3 Å². The molecule has 0 aromatic heterocycles. The lowest BCUT2D eigenvalue weighted by Gasteiger charge is -2.07. The van der Waals surface area contributed by atoms with Crippen molar-refractivity contribution in [2.24, 2.45) is 0 Å². The second-order valence-corrected chi connectivity index (χ2v) is 3.04. The van der Waals surface area contributed by atoms with Gasteiger partial charge in [0.1, 0.15) is 0 Å². The van der Waals surface area contributed by atoms with Crippen LogP contribution in [0.3, 0.4) is 0 Å². The maximum Gasteiger partial charge on any atom is 0.343 e. The number of hydrogen-bond acceptors (Lipinski definition) is 2. The van der Waals surface area contributed by atoms with Gasteiger partial charge < -0.3 is 5.32 Å². The van der Waals surface area contributed by atoms with Gasteiger partial charge in [0.2, 0.25) is 0 Å². The van der Waals surface area contributed by atoms with Crippen LogP contribution in [0.5, 0.6) is 0 Å². The first-order valence-electron chi connectivity index (χ1n) is 4.28. The fourth-order valence-electron chi connectivity index (χ4n) is 0.877. The number of para-hydroxylation sites is 1. The van der Waals surface area contributed by atoms with Gasteiger partial charge in [0.25, 0.3) is 0 Å². The molecule has 0 radical (unpaired) electrons. The van der Waals surface area contributed by atoms with E-state index in [1.807, 2.05) is 0 Å². The molecule has 2 amide bonds. The largest absolute Gasteiger partial charge is 0.343 e. The summed E-state index contributed by atoms with van der Waals surface area (Å²) in [6, 6.07) is 6.44. The highest BCUT2D eigenvalue weighted by Crippen LogP contribution is 2.19. The number of rotatable bonds is 4. The number of amides is 2. The lowest BCUT2D eigenvalue weighted by atomic mass is 10.3. The van der Waals surface area contributed by atoms with E-state index in [0.29, 0.717) is 10.7 Å². The number of benzene rings is 1. The SMILES string of the molecule is C=CCONC(=O)Nc1ccccc1Cl. The highest BCUT2D eigenvalue weighted by molar-refractivity contribution is 6.33. The zero-order valence-electron chi connectivity index (χ0n) is 8.00. The Labute approximate surface area is 92.8 Å². The Hall–Kier alpha value is -1.52. The van der Waals surface area contributed by atoms with E-state index in [9.17, 15) is 4.79 Å². The molecule has 0 atom stereocenters. The molecule has 4 nitrogen and oxygen atoms in total. The van der Waals surface area contributed by atoms with Gasteiger partial charge in [0.15, 0.2) is 0 Å². The molecule has 0 fully saturated rings. The fourth-order valence-corrected chi connectivity index (χ4v) is 1.06. The van der Waals surface area contributed by atoms with Gasteiger partial charge in [-0.05, 0) is 12.1 Å². The van der Waals surface area contributed by atoms with Crippen LogP contribution in [-0.4, -0.2) is 12.6 Å². The fraction of sp³-hybridized carbons (Fsp3) is 0.100. The van der Waals surface area contributed by atoms with E-state index in [2.05, 4.69) is 17.4 Å². The molecule has 0 bridgehead atoms. The number of hydroxylamine groups is 1. The highest BCUT2D eigenvalue weighted by atomic mass is 35.5. The van der Waals surface area contributed by atoms with Crippen LogP contribution in [0, 0.1) is 0 Å².